The van der Waals surface area contributed by atoms with Crippen molar-refractivity contribution < 1.29 is 0 Å². The SMILES string of the molecule is c1ccc(-c2ccc3c(c2)c2cc(-c4cc(-c5ccc6ccccc6c5)nc(-c5ccc6ccccc6c5)n4)ccc2n3-c2ccccc2)cc1. The molecule has 0 atom stereocenters. The molecular formula is C48H31N3. The van der Waals surface area contributed by atoms with E-state index in [1.54, 1.807) is 0 Å². The molecule has 10 rings (SSSR count). The van der Waals surface area contributed by atoms with Crippen LogP contribution in [0.2, 0.25) is 0 Å². The third-order valence-electron chi connectivity index (χ3n) is 9.96. The van der Waals surface area contributed by atoms with Crippen molar-refractivity contribution in [2.45, 2.75) is 0 Å². The van der Waals surface area contributed by atoms with Crippen LogP contribution in [0.15, 0.2) is 188 Å². The Bertz CT molecular complexity index is 2810. The summed E-state index contributed by atoms with van der Waals surface area (Å²) in [4.78, 5) is 10.5. The summed E-state index contributed by atoms with van der Waals surface area (Å²) in [5, 5.41) is 7.15. The lowest BCUT2D eigenvalue weighted by atomic mass is 10.0. The van der Waals surface area contributed by atoms with Gasteiger partial charge >= 0.3 is 0 Å². The third kappa shape index (κ3) is 5.15. The van der Waals surface area contributed by atoms with Crippen molar-refractivity contribution in [2.75, 3.05) is 0 Å². The largest absolute Gasteiger partial charge is 0.309 e. The number of benzene rings is 8. The van der Waals surface area contributed by atoms with E-state index in [-0.39, 0.29) is 0 Å². The summed E-state index contributed by atoms with van der Waals surface area (Å²) in [5.41, 5.74) is 10.7. The maximum atomic E-state index is 5.27. The predicted molar refractivity (Wildman–Crippen MR) is 213 cm³/mol. The average Bonchev–Trinajstić information content (AvgIpc) is 3.54. The lowest BCUT2D eigenvalue weighted by molar-refractivity contribution is 1.18. The van der Waals surface area contributed by atoms with Gasteiger partial charge < -0.3 is 4.57 Å². The van der Waals surface area contributed by atoms with Gasteiger partial charge in [0.25, 0.3) is 0 Å². The second kappa shape index (κ2) is 11.9. The summed E-state index contributed by atoms with van der Waals surface area (Å²) in [5.74, 6) is 0.708. The summed E-state index contributed by atoms with van der Waals surface area (Å²) >= 11 is 0. The fourth-order valence-corrected chi connectivity index (χ4v) is 7.40. The Balaban J connectivity index is 1.20. The van der Waals surface area contributed by atoms with Crippen LogP contribution in [0.25, 0.3) is 94.1 Å². The Hall–Kier alpha value is -6.84. The maximum Gasteiger partial charge on any atom is 0.160 e. The minimum Gasteiger partial charge on any atom is -0.309 e. The summed E-state index contributed by atoms with van der Waals surface area (Å²) in [6.45, 7) is 0. The first-order chi connectivity index (χ1) is 25.2. The summed E-state index contributed by atoms with van der Waals surface area (Å²) in [7, 11) is 0. The molecule has 51 heavy (non-hydrogen) atoms. The van der Waals surface area contributed by atoms with E-state index in [0.717, 1.165) is 39.3 Å². The standard InChI is InChI=1S/C48H31N3/c1-3-11-32(12-4-1)37-23-25-46-42(29-37)43-30-39(24-26-47(43)51(46)41-17-5-2-6-18-41)45-31-44(38-21-19-33-13-7-9-15-35(33)27-38)49-48(50-45)40-22-20-34-14-8-10-16-36(34)28-40/h1-31H. The van der Waals surface area contributed by atoms with E-state index in [1.807, 2.05) is 0 Å². The zero-order valence-corrected chi connectivity index (χ0v) is 27.7. The first-order valence-corrected chi connectivity index (χ1v) is 17.3. The van der Waals surface area contributed by atoms with Gasteiger partial charge in [-0.1, -0.05) is 133 Å². The van der Waals surface area contributed by atoms with Gasteiger partial charge in [-0.2, -0.15) is 0 Å². The number of nitrogens with zero attached hydrogens (tertiary/aromatic N) is 3. The Labute approximate surface area is 295 Å². The van der Waals surface area contributed by atoms with Gasteiger partial charge in [-0.15, -0.1) is 0 Å². The molecular weight excluding hydrogens is 619 g/mol. The lowest BCUT2D eigenvalue weighted by Gasteiger charge is -2.11. The number of rotatable bonds is 5. The second-order valence-corrected chi connectivity index (χ2v) is 13.1. The first kappa shape index (κ1) is 29.1. The van der Waals surface area contributed by atoms with Crippen LogP contribution in [0, 0.1) is 0 Å². The third-order valence-corrected chi connectivity index (χ3v) is 9.96. The molecule has 0 bridgehead atoms. The van der Waals surface area contributed by atoms with Crippen LogP contribution >= 0.6 is 0 Å². The van der Waals surface area contributed by atoms with Gasteiger partial charge in [0.15, 0.2) is 5.82 Å². The smallest absolute Gasteiger partial charge is 0.160 e. The van der Waals surface area contributed by atoms with Gasteiger partial charge in [-0.05, 0) is 87.3 Å². The van der Waals surface area contributed by atoms with Crippen molar-refractivity contribution in [3.8, 4) is 50.7 Å². The van der Waals surface area contributed by atoms with Gasteiger partial charge in [0.1, 0.15) is 0 Å². The molecule has 0 unspecified atom stereocenters. The summed E-state index contributed by atoms with van der Waals surface area (Å²) in [6.07, 6.45) is 0. The Morgan fingerprint density at radius 1 is 0.314 bits per heavy atom. The van der Waals surface area contributed by atoms with Crippen molar-refractivity contribution in [1.29, 1.82) is 0 Å². The molecule has 0 spiro atoms. The second-order valence-electron chi connectivity index (χ2n) is 13.1. The molecule has 0 aliphatic rings. The molecule has 8 aromatic carbocycles. The van der Waals surface area contributed by atoms with E-state index in [4.69, 9.17) is 9.97 Å². The van der Waals surface area contributed by atoms with E-state index in [0.29, 0.717) is 5.82 Å². The average molecular weight is 650 g/mol. The van der Waals surface area contributed by atoms with E-state index in [2.05, 4.69) is 193 Å². The number of hydrogen-bond donors (Lipinski definition) is 0. The maximum absolute atomic E-state index is 5.27. The van der Waals surface area contributed by atoms with Crippen molar-refractivity contribution in [2.24, 2.45) is 0 Å². The summed E-state index contributed by atoms with van der Waals surface area (Å²) in [6, 6.07) is 66.9. The molecule has 0 N–H and O–H groups in total. The molecule has 0 aliphatic carbocycles. The van der Waals surface area contributed by atoms with E-state index in [1.165, 1.54) is 49.0 Å². The number of hydrogen-bond acceptors (Lipinski definition) is 2. The molecule has 0 saturated carbocycles. The molecule has 0 aliphatic heterocycles. The first-order valence-electron chi connectivity index (χ1n) is 17.3. The van der Waals surface area contributed by atoms with Crippen LogP contribution in [0.1, 0.15) is 0 Å². The quantitative estimate of drug-likeness (QED) is 0.186. The molecule has 10 aromatic rings. The lowest BCUT2D eigenvalue weighted by Crippen LogP contribution is -1.96. The van der Waals surface area contributed by atoms with Crippen molar-refractivity contribution >= 4 is 43.4 Å². The highest BCUT2D eigenvalue weighted by Gasteiger charge is 2.17. The molecule has 238 valence electrons. The molecule has 0 fully saturated rings. The minimum atomic E-state index is 0.708. The number of aromatic nitrogens is 3. The van der Waals surface area contributed by atoms with Gasteiger partial charge in [-0.3, -0.25) is 0 Å². The van der Waals surface area contributed by atoms with Gasteiger partial charge in [-0.25, -0.2) is 9.97 Å². The van der Waals surface area contributed by atoms with Gasteiger partial charge in [0.05, 0.1) is 22.4 Å². The van der Waals surface area contributed by atoms with Crippen LogP contribution in [0.4, 0.5) is 0 Å². The van der Waals surface area contributed by atoms with Crippen molar-refractivity contribution in [1.82, 2.24) is 14.5 Å². The molecule has 3 nitrogen and oxygen atoms in total. The topological polar surface area (TPSA) is 30.7 Å². The minimum absolute atomic E-state index is 0.708. The van der Waals surface area contributed by atoms with Crippen molar-refractivity contribution in [3.05, 3.63) is 188 Å². The summed E-state index contributed by atoms with van der Waals surface area (Å²) < 4.78 is 2.37. The highest BCUT2D eigenvalue weighted by molar-refractivity contribution is 6.11. The Kier molecular flexibility index (Phi) is 6.81. The Morgan fingerprint density at radius 2 is 0.784 bits per heavy atom. The molecule has 2 aromatic heterocycles. The van der Waals surface area contributed by atoms with E-state index >= 15 is 0 Å². The fourth-order valence-electron chi connectivity index (χ4n) is 7.40. The van der Waals surface area contributed by atoms with Gasteiger partial charge in [0, 0.05) is 33.2 Å². The predicted octanol–water partition coefficient (Wildman–Crippen LogP) is 12.5. The highest BCUT2D eigenvalue weighted by Crippen LogP contribution is 2.38. The van der Waals surface area contributed by atoms with E-state index < -0.39 is 0 Å². The fraction of sp³-hybridized carbons (Fsp3) is 0. The molecule has 0 amide bonds. The van der Waals surface area contributed by atoms with Crippen LogP contribution in [0.5, 0.6) is 0 Å². The Morgan fingerprint density at radius 3 is 1.43 bits per heavy atom. The molecule has 0 saturated heterocycles. The zero-order chi connectivity index (χ0) is 33.7. The normalized spacial score (nSPS) is 11.5. The van der Waals surface area contributed by atoms with Crippen LogP contribution in [0.3, 0.4) is 0 Å². The van der Waals surface area contributed by atoms with Crippen LogP contribution in [-0.2, 0) is 0 Å². The molecule has 2 heterocycles. The molecule has 3 heteroatoms. The van der Waals surface area contributed by atoms with Crippen molar-refractivity contribution in [3.63, 3.8) is 0 Å². The number of para-hydroxylation sites is 1. The van der Waals surface area contributed by atoms with Crippen LogP contribution < -0.4 is 0 Å². The highest BCUT2D eigenvalue weighted by atomic mass is 15.0. The monoisotopic (exact) mass is 649 g/mol. The van der Waals surface area contributed by atoms with Crippen LogP contribution in [-0.4, -0.2) is 14.5 Å². The van der Waals surface area contributed by atoms with Gasteiger partial charge in [0.2, 0.25) is 0 Å². The van der Waals surface area contributed by atoms with E-state index in [9.17, 15) is 0 Å². The zero-order valence-electron chi connectivity index (χ0n) is 27.7. The molecule has 0 radical (unpaired) electrons. The number of fused-ring (bicyclic) bond motifs is 5.